The van der Waals surface area contributed by atoms with E-state index < -0.39 is 0 Å². The van der Waals surface area contributed by atoms with Crippen LogP contribution in [0.1, 0.15) is 36.6 Å². The zero-order chi connectivity index (χ0) is 18.4. The van der Waals surface area contributed by atoms with Gasteiger partial charge in [-0.3, -0.25) is 0 Å². The first-order valence-corrected chi connectivity index (χ1v) is 9.87. The first kappa shape index (κ1) is 19.5. The normalized spacial score (nSPS) is 20.5. The fraction of sp³-hybridized carbons (Fsp3) is 0.579. The van der Waals surface area contributed by atoms with Gasteiger partial charge in [0.2, 0.25) is 0 Å². The molecule has 1 aromatic carbocycles. The minimum Gasteiger partial charge on any atom is -0.377 e. The second kappa shape index (κ2) is 9.60. The average Bonchev–Trinajstić information content (AvgIpc) is 3.11. The first-order valence-electron chi connectivity index (χ1n) is 9.08. The van der Waals surface area contributed by atoms with Gasteiger partial charge in [-0.25, -0.2) is 4.68 Å². The van der Waals surface area contributed by atoms with Gasteiger partial charge in [-0.2, -0.15) is 5.10 Å². The fourth-order valence-corrected chi connectivity index (χ4v) is 4.01. The van der Waals surface area contributed by atoms with E-state index in [4.69, 9.17) is 14.2 Å². The van der Waals surface area contributed by atoms with Crippen molar-refractivity contribution in [1.82, 2.24) is 9.78 Å². The third-order valence-corrected chi connectivity index (χ3v) is 5.53. The van der Waals surface area contributed by atoms with E-state index in [0.717, 1.165) is 78.7 Å². The summed E-state index contributed by atoms with van der Waals surface area (Å²) in [7, 11) is 0. The number of fused-ring (bicyclic) bond motifs is 1. The van der Waals surface area contributed by atoms with Crippen LogP contribution in [0.2, 0.25) is 0 Å². The lowest BCUT2D eigenvalue weighted by atomic mass is 10.0. The number of benzene rings is 1. The van der Waals surface area contributed by atoms with Gasteiger partial charge in [0, 0.05) is 22.9 Å². The topological polar surface area (TPSA) is 62.6 Å². The molecule has 142 valence electrons. The highest BCUT2D eigenvalue weighted by atomic mass is 79.9. The highest BCUT2D eigenvalue weighted by Gasteiger charge is 2.20. The van der Waals surface area contributed by atoms with Crippen molar-refractivity contribution in [2.45, 2.75) is 38.8 Å². The Hall–Kier alpha value is -1.28. The van der Waals surface area contributed by atoms with Crippen molar-refractivity contribution in [2.24, 2.45) is 0 Å². The minimum atomic E-state index is 0.0319. The molecule has 6 nitrogen and oxygen atoms in total. The standard InChI is InChI=1S/C15H17BrN2O2.C4H8O2/c1-10-8-13-12(15(16)11(10)5-6-19)9-17-18(13)14-4-2-3-7-20-14;1-2-6-4-3-5-1/h6,8-9,14H,2-5,7H2,1H3;1-4H2. The molecule has 0 radical (unpaired) electrons. The van der Waals surface area contributed by atoms with Crippen LogP contribution in [-0.2, 0) is 25.4 Å². The van der Waals surface area contributed by atoms with Crippen molar-refractivity contribution in [3.63, 3.8) is 0 Å². The predicted molar refractivity (Wildman–Crippen MR) is 102 cm³/mol. The van der Waals surface area contributed by atoms with Gasteiger partial charge in [-0.15, -0.1) is 0 Å². The molecule has 0 bridgehead atoms. The number of rotatable bonds is 3. The van der Waals surface area contributed by atoms with Gasteiger partial charge in [0.1, 0.15) is 6.29 Å². The van der Waals surface area contributed by atoms with E-state index >= 15 is 0 Å². The summed E-state index contributed by atoms with van der Waals surface area (Å²) in [4.78, 5) is 10.8. The number of carbonyl (C=O) groups is 1. The van der Waals surface area contributed by atoms with Crippen LogP contribution in [-0.4, -0.2) is 49.1 Å². The van der Waals surface area contributed by atoms with Crippen molar-refractivity contribution < 1.29 is 19.0 Å². The van der Waals surface area contributed by atoms with Gasteiger partial charge in [0.05, 0.1) is 38.1 Å². The van der Waals surface area contributed by atoms with Crippen LogP contribution < -0.4 is 0 Å². The van der Waals surface area contributed by atoms with Gasteiger partial charge >= 0.3 is 0 Å². The van der Waals surface area contributed by atoms with Crippen LogP contribution in [0.4, 0.5) is 0 Å². The van der Waals surface area contributed by atoms with Gasteiger partial charge in [0.25, 0.3) is 0 Å². The predicted octanol–water partition coefficient (Wildman–Crippen LogP) is 3.58. The summed E-state index contributed by atoms with van der Waals surface area (Å²) in [5.41, 5.74) is 3.21. The largest absolute Gasteiger partial charge is 0.377 e. The number of carbonyl (C=O) groups excluding carboxylic acids is 1. The number of aromatic nitrogens is 2. The molecule has 0 N–H and O–H groups in total. The van der Waals surface area contributed by atoms with Gasteiger partial charge in [0.15, 0.2) is 6.23 Å². The fourth-order valence-electron chi connectivity index (χ4n) is 3.23. The molecule has 3 heterocycles. The minimum absolute atomic E-state index is 0.0319. The van der Waals surface area contributed by atoms with E-state index in [9.17, 15) is 4.79 Å². The quantitative estimate of drug-likeness (QED) is 0.704. The van der Waals surface area contributed by atoms with Crippen LogP contribution >= 0.6 is 15.9 Å². The van der Waals surface area contributed by atoms with Crippen molar-refractivity contribution in [3.05, 3.63) is 27.9 Å². The second-order valence-electron chi connectivity index (χ2n) is 6.42. The molecule has 1 aromatic heterocycles. The van der Waals surface area contributed by atoms with Crippen molar-refractivity contribution >= 4 is 33.1 Å². The number of aldehydes is 1. The van der Waals surface area contributed by atoms with E-state index in [0.29, 0.717) is 6.42 Å². The van der Waals surface area contributed by atoms with Crippen molar-refractivity contribution in [3.8, 4) is 0 Å². The summed E-state index contributed by atoms with van der Waals surface area (Å²) in [6.07, 6.45) is 6.55. The highest BCUT2D eigenvalue weighted by Crippen LogP contribution is 2.33. The molecule has 0 aliphatic carbocycles. The number of aryl methyl sites for hydroxylation is 1. The van der Waals surface area contributed by atoms with Crippen LogP contribution in [0.25, 0.3) is 10.9 Å². The summed E-state index contributed by atoms with van der Waals surface area (Å²) < 4.78 is 18.6. The lowest BCUT2D eigenvalue weighted by molar-refractivity contribution is -0.107. The molecule has 1 atom stereocenters. The summed E-state index contributed by atoms with van der Waals surface area (Å²) in [6, 6.07) is 2.10. The lowest BCUT2D eigenvalue weighted by Gasteiger charge is -2.23. The van der Waals surface area contributed by atoms with E-state index in [2.05, 4.69) is 27.1 Å². The Bertz CT molecular complexity index is 725. The Morgan fingerprint density at radius 3 is 2.54 bits per heavy atom. The molecule has 2 aliphatic heterocycles. The smallest absolute Gasteiger partial charge is 0.150 e. The SMILES string of the molecule is C1COCCO1.Cc1cc2c(cnn2C2CCCCO2)c(Br)c1CC=O. The van der Waals surface area contributed by atoms with Gasteiger partial charge in [-0.05, 0) is 59.3 Å². The molecular formula is C19H25BrN2O4. The number of nitrogens with zero attached hydrogens (tertiary/aromatic N) is 2. The van der Waals surface area contributed by atoms with E-state index in [1.54, 1.807) is 0 Å². The number of hydrogen-bond donors (Lipinski definition) is 0. The monoisotopic (exact) mass is 424 g/mol. The molecule has 0 amide bonds. The summed E-state index contributed by atoms with van der Waals surface area (Å²) in [6.45, 7) is 5.94. The van der Waals surface area contributed by atoms with E-state index in [1.165, 1.54) is 6.42 Å². The highest BCUT2D eigenvalue weighted by molar-refractivity contribution is 9.10. The molecule has 2 aliphatic rings. The zero-order valence-corrected chi connectivity index (χ0v) is 16.7. The Labute approximate surface area is 161 Å². The Kier molecular flexibility index (Phi) is 7.19. The number of hydrogen-bond acceptors (Lipinski definition) is 5. The summed E-state index contributed by atoms with van der Waals surface area (Å²) in [5, 5.41) is 5.54. The average molecular weight is 425 g/mol. The van der Waals surface area contributed by atoms with Crippen molar-refractivity contribution in [1.29, 1.82) is 0 Å². The number of halogens is 1. The summed E-state index contributed by atoms with van der Waals surface area (Å²) >= 11 is 3.62. The third kappa shape index (κ3) is 4.52. The maximum Gasteiger partial charge on any atom is 0.150 e. The molecule has 4 rings (SSSR count). The van der Waals surface area contributed by atoms with Crippen LogP contribution in [0.5, 0.6) is 0 Å². The maximum atomic E-state index is 10.8. The summed E-state index contributed by atoms with van der Waals surface area (Å²) in [5.74, 6) is 0. The zero-order valence-electron chi connectivity index (χ0n) is 15.1. The van der Waals surface area contributed by atoms with Crippen molar-refractivity contribution in [2.75, 3.05) is 33.0 Å². The maximum absolute atomic E-state index is 10.8. The molecule has 2 fully saturated rings. The Morgan fingerprint density at radius 1 is 1.23 bits per heavy atom. The molecule has 2 saturated heterocycles. The van der Waals surface area contributed by atoms with E-state index in [-0.39, 0.29) is 6.23 Å². The molecular weight excluding hydrogens is 400 g/mol. The molecule has 7 heteroatoms. The Morgan fingerprint density at radius 2 is 1.96 bits per heavy atom. The molecule has 1 unspecified atom stereocenters. The van der Waals surface area contributed by atoms with Crippen LogP contribution in [0.15, 0.2) is 16.7 Å². The molecule has 0 spiro atoms. The first-order chi connectivity index (χ1) is 12.7. The van der Waals surface area contributed by atoms with E-state index in [1.807, 2.05) is 17.8 Å². The lowest BCUT2D eigenvalue weighted by Crippen LogP contribution is -2.19. The van der Waals surface area contributed by atoms with Gasteiger partial charge in [-0.1, -0.05) is 0 Å². The Balaban J connectivity index is 0.000000278. The third-order valence-electron chi connectivity index (χ3n) is 4.62. The molecule has 0 saturated carbocycles. The van der Waals surface area contributed by atoms with Crippen LogP contribution in [0.3, 0.4) is 0 Å². The molecule has 26 heavy (non-hydrogen) atoms. The number of ether oxygens (including phenoxy) is 3. The second-order valence-corrected chi connectivity index (χ2v) is 7.22. The van der Waals surface area contributed by atoms with Gasteiger partial charge < -0.3 is 19.0 Å². The van der Waals surface area contributed by atoms with Crippen LogP contribution in [0, 0.1) is 6.92 Å². The molecule has 2 aromatic rings.